The first-order valence-corrected chi connectivity index (χ1v) is 15.8. The number of piperazine rings is 1. The summed E-state index contributed by atoms with van der Waals surface area (Å²) >= 11 is 0. The zero-order chi connectivity index (χ0) is 30.8. The number of fused-ring (bicyclic) bond motifs is 2. The van der Waals surface area contributed by atoms with E-state index in [-0.39, 0.29) is 24.5 Å². The first-order chi connectivity index (χ1) is 21.4. The van der Waals surface area contributed by atoms with Crippen LogP contribution in [0.1, 0.15) is 36.6 Å². The molecule has 1 saturated carbocycles. The number of likely N-dealkylation sites (N-methyl/N-ethyl adjacent to an activating group) is 1. The Morgan fingerprint density at radius 3 is 2.73 bits per heavy atom. The Morgan fingerprint density at radius 1 is 1.18 bits per heavy atom. The second-order valence-electron chi connectivity index (χ2n) is 12.6. The van der Waals surface area contributed by atoms with E-state index in [1.54, 1.807) is 4.90 Å². The fourth-order valence-corrected chi connectivity index (χ4v) is 6.62. The molecule has 3 heterocycles. The number of aryl methyl sites for hydroxylation is 1. The number of ether oxygens (including phenoxy) is 1. The molecule has 2 aliphatic heterocycles. The van der Waals surface area contributed by atoms with Gasteiger partial charge in [0, 0.05) is 55.4 Å². The molecule has 1 unspecified atom stereocenters. The van der Waals surface area contributed by atoms with Crippen LogP contribution in [0.3, 0.4) is 0 Å². The summed E-state index contributed by atoms with van der Waals surface area (Å²) in [5.74, 6) is 1.56. The van der Waals surface area contributed by atoms with E-state index in [1.807, 2.05) is 0 Å². The maximum Gasteiger partial charge on any atom is 0.318 e. The molecule has 3 aliphatic rings. The highest BCUT2D eigenvalue weighted by Gasteiger charge is 2.35. The van der Waals surface area contributed by atoms with Crippen LogP contribution in [0.15, 0.2) is 49.1 Å². The highest BCUT2D eigenvalue weighted by atomic mass is 16.5. The van der Waals surface area contributed by atoms with Gasteiger partial charge in [-0.3, -0.25) is 4.79 Å². The number of nitrogens with zero attached hydrogens (tertiary/aromatic N) is 7. The number of benzene rings is 2. The molecular weight excluding hydrogens is 550 g/mol. The zero-order valence-electron chi connectivity index (χ0n) is 26.2. The van der Waals surface area contributed by atoms with Crippen LogP contribution in [0.2, 0.25) is 0 Å². The smallest absolute Gasteiger partial charge is 0.318 e. The highest BCUT2D eigenvalue weighted by Crippen LogP contribution is 2.36. The van der Waals surface area contributed by atoms with Crippen molar-refractivity contribution in [2.45, 2.75) is 51.7 Å². The first kappa shape index (κ1) is 29.9. The number of carbonyl (C=O) groups is 1. The predicted octanol–water partition coefficient (Wildman–Crippen LogP) is 4.73. The van der Waals surface area contributed by atoms with Gasteiger partial charge in [-0.05, 0) is 69.2 Å². The molecule has 9 nitrogen and oxygen atoms in total. The van der Waals surface area contributed by atoms with Gasteiger partial charge in [-0.1, -0.05) is 36.9 Å². The van der Waals surface area contributed by atoms with E-state index in [2.05, 4.69) is 83.4 Å². The third-order valence-electron chi connectivity index (χ3n) is 9.45. The second kappa shape index (κ2) is 12.8. The third kappa shape index (κ3) is 6.22. The Hall–Kier alpha value is -4.16. The normalized spacial score (nSPS) is 19.1. The minimum absolute atomic E-state index is 0.127. The van der Waals surface area contributed by atoms with Crippen LogP contribution < -0.4 is 14.5 Å². The Morgan fingerprint density at radius 2 is 1.98 bits per heavy atom. The molecule has 1 saturated heterocycles. The Kier molecular flexibility index (Phi) is 8.72. The number of rotatable bonds is 10. The van der Waals surface area contributed by atoms with Crippen molar-refractivity contribution in [3.8, 4) is 6.01 Å². The SMILES string of the molecule is [C-]#[N+]CC1CN(c2nc(OC[C@H](C)N(C)CC3CC3)nc3c2CCN(c2cccc4cccc(C)c24)C3)CCN1C(=O)C=C. The van der Waals surface area contributed by atoms with E-state index in [1.165, 1.54) is 40.9 Å². The maximum absolute atomic E-state index is 12.6. The van der Waals surface area contributed by atoms with Crippen molar-refractivity contribution in [1.29, 1.82) is 0 Å². The average Bonchev–Trinajstić information content (AvgIpc) is 3.86. The minimum Gasteiger partial charge on any atom is -0.462 e. The van der Waals surface area contributed by atoms with Crippen LogP contribution in [0.4, 0.5) is 11.5 Å². The summed E-state index contributed by atoms with van der Waals surface area (Å²) in [4.78, 5) is 35.1. The van der Waals surface area contributed by atoms with Crippen molar-refractivity contribution < 1.29 is 9.53 Å². The van der Waals surface area contributed by atoms with Crippen molar-refractivity contribution in [1.82, 2.24) is 19.8 Å². The number of carbonyl (C=O) groups excluding carboxylic acids is 1. The lowest BCUT2D eigenvalue weighted by atomic mass is 9.99. The second-order valence-corrected chi connectivity index (χ2v) is 12.6. The molecule has 0 radical (unpaired) electrons. The lowest BCUT2D eigenvalue weighted by molar-refractivity contribution is -0.128. The van der Waals surface area contributed by atoms with Crippen LogP contribution in [0.5, 0.6) is 6.01 Å². The molecule has 1 aromatic heterocycles. The van der Waals surface area contributed by atoms with E-state index < -0.39 is 0 Å². The molecule has 0 bridgehead atoms. The fraction of sp³-hybridized carbons (Fsp3) is 0.486. The molecule has 0 N–H and O–H groups in total. The quantitative estimate of drug-likeness (QED) is 0.249. The van der Waals surface area contributed by atoms with Crippen molar-refractivity contribution in [3.63, 3.8) is 0 Å². The van der Waals surface area contributed by atoms with Crippen molar-refractivity contribution >= 4 is 28.2 Å². The van der Waals surface area contributed by atoms with Gasteiger partial charge in [0.25, 0.3) is 0 Å². The highest BCUT2D eigenvalue weighted by molar-refractivity contribution is 5.97. The number of aromatic nitrogens is 2. The molecule has 2 aromatic carbocycles. The molecule has 3 aromatic rings. The summed E-state index contributed by atoms with van der Waals surface area (Å²) in [5.41, 5.74) is 4.60. The summed E-state index contributed by atoms with van der Waals surface area (Å²) in [7, 11) is 2.16. The van der Waals surface area contributed by atoms with Gasteiger partial charge in [0.05, 0.1) is 12.2 Å². The fourth-order valence-electron chi connectivity index (χ4n) is 6.62. The van der Waals surface area contributed by atoms with Gasteiger partial charge in [0.2, 0.25) is 12.5 Å². The number of hydrogen-bond donors (Lipinski definition) is 0. The average molecular weight is 594 g/mol. The van der Waals surface area contributed by atoms with E-state index >= 15 is 0 Å². The van der Waals surface area contributed by atoms with E-state index in [9.17, 15) is 4.79 Å². The summed E-state index contributed by atoms with van der Waals surface area (Å²) in [6, 6.07) is 13.4. The van der Waals surface area contributed by atoms with Gasteiger partial charge in [0.1, 0.15) is 18.5 Å². The monoisotopic (exact) mass is 593 g/mol. The summed E-state index contributed by atoms with van der Waals surface area (Å²) in [6.45, 7) is 20.6. The van der Waals surface area contributed by atoms with Crippen molar-refractivity contribution in [3.05, 3.63) is 77.3 Å². The molecule has 2 fully saturated rings. The Balaban J connectivity index is 1.31. The summed E-state index contributed by atoms with van der Waals surface area (Å²) in [5, 5.41) is 2.52. The molecule has 0 spiro atoms. The van der Waals surface area contributed by atoms with E-state index in [0.717, 1.165) is 42.5 Å². The van der Waals surface area contributed by atoms with Crippen LogP contribution in [0, 0.1) is 19.4 Å². The molecule has 1 aliphatic carbocycles. The van der Waals surface area contributed by atoms with Crippen molar-refractivity contribution in [2.75, 3.05) is 62.7 Å². The van der Waals surface area contributed by atoms with Gasteiger partial charge in [-0.15, -0.1) is 0 Å². The number of anilines is 2. The lowest BCUT2D eigenvalue weighted by Gasteiger charge is -2.41. The summed E-state index contributed by atoms with van der Waals surface area (Å²) < 4.78 is 6.33. The van der Waals surface area contributed by atoms with Crippen molar-refractivity contribution in [2.24, 2.45) is 5.92 Å². The Labute approximate surface area is 260 Å². The topological polar surface area (TPSA) is 69.4 Å². The molecule has 9 heteroatoms. The number of amides is 1. The van der Waals surface area contributed by atoms with Gasteiger partial charge >= 0.3 is 6.01 Å². The first-order valence-electron chi connectivity index (χ1n) is 15.8. The predicted molar refractivity (Wildman–Crippen MR) is 175 cm³/mol. The number of hydrogen-bond acceptors (Lipinski definition) is 7. The lowest BCUT2D eigenvalue weighted by Crippen LogP contribution is -2.56. The maximum atomic E-state index is 12.6. The largest absolute Gasteiger partial charge is 0.462 e. The zero-order valence-corrected chi connectivity index (χ0v) is 26.2. The van der Waals surface area contributed by atoms with Crippen LogP contribution in [-0.4, -0.2) is 90.7 Å². The molecule has 230 valence electrons. The summed E-state index contributed by atoms with van der Waals surface area (Å²) in [6.07, 6.45) is 4.79. The Bertz CT molecular complexity index is 1570. The van der Waals surface area contributed by atoms with Gasteiger partial charge in [0.15, 0.2) is 0 Å². The molecule has 1 amide bonds. The van der Waals surface area contributed by atoms with Crippen LogP contribution >= 0.6 is 0 Å². The van der Waals surface area contributed by atoms with Crippen LogP contribution in [0.25, 0.3) is 15.6 Å². The molecule has 44 heavy (non-hydrogen) atoms. The van der Waals surface area contributed by atoms with Crippen LogP contribution in [-0.2, 0) is 17.8 Å². The van der Waals surface area contributed by atoms with Gasteiger partial charge in [-0.25, -0.2) is 6.57 Å². The third-order valence-corrected chi connectivity index (χ3v) is 9.45. The van der Waals surface area contributed by atoms with E-state index in [0.29, 0.717) is 38.8 Å². The van der Waals surface area contributed by atoms with Gasteiger partial charge < -0.3 is 29.2 Å². The molecular formula is C35H43N7O2. The minimum atomic E-state index is -0.225. The van der Waals surface area contributed by atoms with E-state index in [4.69, 9.17) is 21.3 Å². The molecule has 2 atom stereocenters. The van der Waals surface area contributed by atoms with Gasteiger partial charge in [-0.2, -0.15) is 9.97 Å². The standard InChI is InChI=1S/C35H43N7O2/c1-6-32(43)42-18-17-41(21-28(42)19-36-4)34-29-15-16-40(31-12-8-11-27-10-7-9-24(2)33(27)31)22-30(29)37-35(38-34)44-23-25(3)39(5)20-26-13-14-26/h6-12,25-26,28H,1,13-23H2,2-3,5H3/t25-,28?/m0/s1. The molecule has 6 rings (SSSR count).